The van der Waals surface area contributed by atoms with Gasteiger partial charge < -0.3 is 10.4 Å². The number of carboxylic acid groups (broad SMARTS) is 1. The van der Waals surface area contributed by atoms with Gasteiger partial charge in [0.25, 0.3) is 0 Å². The van der Waals surface area contributed by atoms with Crippen LogP contribution in [0.1, 0.15) is 13.3 Å². The Morgan fingerprint density at radius 2 is 2.33 bits per heavy atom. The van der Waals surface area contributed by atoms with E-state index in [1.807, 2.05) is 7.05 Å². The van der Waals surface area contributed by atoms with Crippen LogP contribution in [0.5, 0.6) is 0 Å². The molecule has 0 amide bonds. The van der Waals surface area contributed by atoms with Crippen LogP contribution in [-0.2, 0) is 4.79 Å². The van der Waals surface area contributed by atoms with Crippen LogP contribution >= 0.6 is 0 Å². The second kappa shape index (κ2) is 3.87. The average Bonchev–Trinajstić information content (AvgIpc) is 1.98. The van der Waals surface area contributed by atoms with E-state index >= 15 is 0 Å². The van der Waals surface area contributed by atoms with E-state index in [4.69, 9.17) is 5.11 Å². The van der Waals surface area contributed by atoms with Gasteiger partial charge in [-0.05, 0) is 14.0 Å². The lowest BCUT2D eigenvalue weighted by molar-refractivity contribution is -0.138. The lowest BCUT2D eigenvalue weighted by Crippen LogP contribution is -2.54. The molecule has 0 aliphatic carbocycles. The number of carboxylic acids is 1. The number of likely N-dealkylation sites (N-methyl/N-ethyl adjacent to an activating group) is 1. The first kappa shape index (κ1) is 9.48. The van der Waals surface area contributed by atoms with Crippen LogP contribution in [0.25, 0.3) is 0 Å². The van der Waals surface area contributed by atoms with E-state index < -0.39 is 5.97 Å². The highest BCUT2D eigenvalue weighted by atomic mass is 16.4. The van der Waals surface area contributed by atoms with Gasteiger partial charge in [0.05, 0.1) is 6.42 Å². The molecule has 0 aromatic heterocycles. The molecule has 1 fully saturated rings. The molecule has 0 spiro atoms. The van der Waals surface area contributed by atoms with E-state index in [0.717, 1.165) is 13.1 Å². The maximum atomic E-state index is 10.5. The van der Waals surface area contributed by atoms with Gasteiger partial charge in [-0.3, -0.25) is 9.69 Å². The first-order valence-electron chi connectivity index (χ1n) is 4.25. The second-order valence-electron chi connectivity index (χ2n) is 3.42. The minimum atomic E-state index is -0.720. The Kier molecular flexibility index (Phi) is 3.05. The van der Waals surface area contributed by atoms with Crippen molar-refractivity contribution in [2.45, 2.75) is 25.4 Å². The summed E-state index contributed by atoms with van der Waals surface area (Å²) in [6, 6.07) is 0.578. The van der Waals surface area contributed by atoms with Gasteiger partial charge in [0.2, 0.25) is 0 Å². The summed E-state index contributed by atoms with van der Waals surface area (Å²) in [7, 11) is 1.99. The van der Waals surface area contributed by atoms with Crippen molar-refractivity contribution in [1.82, 2.24) is 10.2 Å². The fourth-order valence-corrected chi connectivity index (χ4v) is 1.52. The molecular weight excluding hydrogens is 156 g/mol. The van der Waals surface area contributed by atoms with Crippen LogP contribution in [0, 0.1) is 0 Å². The number of hydrogen-bond acceptors (Lipinski definition) is 3. The van der Waals surface area contributed by atoms with Gasteiger partial charge in [-0.2, -0.15) is 0 Å². The fraction of sp³-hybridized carbons (Fsp3) is 0.875. The standard InChI is InChI=1S/C8H16N2O2/c1-6-4-9-5-7(10(6)2)3-8(11)12/h6-7,9H,3-5H2,1-2H3,(H,11,12). The second-order valence-corrected chi connectivity index (χ2v) is 3.42. The number of aliphatic carboxylic acids is 1. The molecule has 0 radical (unpaired) electrons. The number of carbonyl (C=O) groups is 1. The lowest BCUT2D eigenvalue weighted by atomic mass is 10.1. The largest absolute Gasteiger partial charge is 0.481 e. The molecule has 0 aromatic rings. The predicted octanol–water partition coefficient (Wildman–Crippen LogP) is -0.247. The van der Waals surface area contributed by atoms with Crippen molar-refractivity contribution in [3.8, 4) is 0 Å². The Balaban J connectivity index is 2.46. The van der Waals surface area contributed by atoms with Gasteiger partial charge in [-0.1, -0.05) is 0 Å². The lowest BCUT2D eigenvalue weighted by Gasteiger charge is -2.37. The Morgan fingerprint density at radius 1 is 1.67 bits per heavy atom. The van der Waals surface area contributed by atoms with Crippen LogP contribution in [0.3, 0.4) is 0 Å². The summed E-state index contributed by atoms with van der Waals surface area (Å²) in [5.74, 6) is -0.720. The van der Waals surface area contributed by atoms with E-state index in [-0.39, 0.29) is 12.5 Å². The molecule has 4 nitrogen and oxygen atoms in total. The van der Waals surface area contributed by atoms with Crippen LogP contribution in [0.2, 0.25) is 0 Å². The third-order valence-corrected chi connectivity index (χ3v) is 2.50. The van der Waals surface area contributed by atoms with E-state index in [1.54, 1.807) is 0 Å². The van der Waals surface area contributed by atoms with E-state index in [1.165, 1.54) is 0 Å². The van der Waals surface area contributed by atoms with Crippen LogP contribution in [-0.4, -0.2) is 48.2 Å². The van der Waals surface area contributed by atoms with E-state index in [9.17, 15) is 4.79 Å². The number of hydrogen-bond donors (Lipinski definition) is 2. The monoisotopic (exact) mass is 172 g/mol. The molecule has 2 unspecified atom stereocenters. The molecule has 0 saturated carbocycles. The Hall–Kier alpha value is -0.610. The zero-order valence-electron chi connectivity index (χ0n) is 7.58. The third kappa shape index (κ3) is 2.19. The zero-order chi connectivity index (χ0) is 9.14. The molecule has 2 N–H and O–H groups in total. The highest BCUT2D eigenvalue weighted by Gasteiger charge is 2.25. The highest BCUT2D eigenvalue weighted by molar-refractivity contribution is 5.67. The Bertz CT molecular complexity index is 172. The van der Waals surface area contributed by atoms with Gasteiger partial charge in [-0.25, -0.2) is 0 Å². The maximum absolute atomic E-state index is 10.5. The quantitative estimate of drug-likeness (QED) is 0.603. The summed E-state index contributed by atoms with van der Waals surface area (Å²) in [4.78, 5) is 12.6. The SMILES string of the molecule is CC1CNCC(CC(=O)O)N1C. The minimum absolute atomic E-state index is 0.145. The molecule has 1 aliphatic heterocycles. The number of rotatable bonds is 2. The predicted molar refractivity (Wildman–Crippen MR) is 46.1 cm³/mol. The summed E-state index contributed by atoms with van der Waals surface area (Å²) in [5.41, 5.74) is 0. The molecule has 1 rings (SSSR count). The fourth-order valence-electron chi connectivity index (χ4n) is 1.52. The molecule has 1 heterocycles. The number of piperazine rings is 1. The molecule has 1 aliphatic rings. The van der Waals surface area contributed by atoms with Crippen molar-refractivity contribution >= 4 is 5.97 Å². The summed E-state index contributed by atoms with van der Waals surface area (Å²) in [6.07, 6.45) is 0.230. The topological polar surface area (TPSA) is 52.6 Å². The molecule has 2 atom stereocenters. The van der Waals surface area contributed by atoms with Crippen molar-refractivity contribution in [1.29, 1.82) is 0 Å². The van der Waals surface area contributed by atoms with Gasteiger partial charge in [0.15, 0.2) is 0 Å². The first-order chi connectivity index (χ1) is 5.61. The van der Waals surface area contributed by atoms with Gasteiger partial charge in [0.1, 0.15) is 0 Å². The van der Waals surface area contributed by atoms with Crippen molar-refractivity contribution in [3.05, 3.63) is 0 Å². The van der Waals surface area contributed by atoms with Crippen molar-refractivity contribution in [3.63, 3.8) is 0 Å². The highest BCUT2D eigenvalue weighted by Crippen LogP contribution is 2.09. The van der Waals surface area contributed by atoms with E-state index in [0.29, 0.717) is 6.04 Å². The van der Waals surface area contributed by atoms with Crippen molar-refractivity contribution < 1.29 is 9.90 Å². The van der Waals surface area contributed by atoms with Crippen LogP contribution in [0.4, 0.5) is 0 Å². The van der Waals surface area contributed by atoms with Crippen LogP contribution in [0.15, 0.2) is 0 Å². The van der Waals surface area contributed by atoms with Gasteiger partial charge >= 0.3 is 5.97 Å². The van der Waals surface area contributed by atoms with Crippen molar-refractivity contribution in [2.75, 3.05) is 20.1 Å². The maximum Gasteiger partial charge on any atom is 0.304 e. The summed E-state index contributed by atoms with van der Waals surface area (Å²) < 4.78 is 0. The van der Waals surface area contributed by atoms with Gasteiger partial charge in [-0.15, -0.1) is 0 Å². The minimum Gasteiger partial charge on any atom is -0.481 e. The van der Waals surface area contributed by atoms with Gasteiger partial charge in [0, 0.05) is 25.2 Å². The molecule has 0 bridgehead atoms. The smallest absolute Gasteiger partial charge is 0.304 e. The average molecular weight is 172 g/mol. The third-order valence-electron chi connectivity index (χ3n) is 2.50. The molecular formula is C8H16N2O2. The summed E-state index contributed by atoms with van der Waals surface area (Å²) >= 11 is 0. The van der Waals surface area contributed by atoms with E-state index in [2.05, 4.69) is 17.1 Å². The molecule has 70 valence electrons. The molecule has 1 saturated heterocycles. The first-order valence-corrected chi connectivity index (χ1v) is 4.25. The normalized spacial score (nSPS) is 31.8. The Labute approximate surface area is 72.6 Å². The molecule has 4 heteroatoms. The zero-order valence-corrected chi connectivity index (χ0v) is 7.58. The summed E-state index contributed by atoms with van der Waals surface area (Å²) in [6.45, 7) is 3.83. The van der Waals surface area contributed by atoms with Crippen molar-refractivity contribution in [2.24, 2.45) is 0 Å². The Morgan fingerprint density at radius 3 is 2.92 bits per heavy atom. The number of nitrogens with one attached hydrogen (secondary N) is 1. The molecule has 0 aromatic carbocycles. The summed E-state index contributed by atoms with van der Waals surface area (Å²) in [5, 5.41) is 11.8. The number of nitrogens with zero attached hydrogens (tertiary/aromatic N) is 1. The molecule has 12 heavy (non-hydrogen) atoms. The van der Waals surface area contributed by atoms with Crippen LogP contribution < -0.4 is 5.32 Å².